The molecule has 204 valence electrons. The minimum Gasteiger partial charge on any atom is -0.497 e. The molecule has 3 aromatic carbocycles. The molecule has 1 N–H and O–H groups in total. The van der Waals surface area contributed by atoms with Crippen LogP contribution in [0.5, 0.6) is 17.2 Å². The number of benzene rings is 3. The summed E-state index contributed by atoms with van der Waals surface area (Å²) in [5, 5.41) is 3.21. The maximum absolute atomic E-state index is 13.8. The first-order valence-corrected chi connectivity index (χ1v) is 12.8. The van der Waals surface area contributed by atoms with Gasteiger partial charge in [-0.15, -0.1) is 0 Å². The summed E-state index contributed by atoms with van der Waals surface area (Å²) >= 11 is 0. The van der Waals surface area contributed by atoms with Gasteiger partial charge in [-0.1, -0.05) is 37.6 Å². The molecule has 0 aliphatic heterocycles. The van der Waals surface area contributed by atoms with Gasteiger partial charge >= 0.3 is 5.69 Å². The number of amides is 1. The van der Waals surface area contributed by atoms with Gasteiger partial charge in [0.2, 0.25) is 0 Å². The van der Waals surface area contributed by atoms with Crippen molar-refractivity contribution in [2.45, 2.75) is 32.9 Å². The van der Waals surface area contributed by atoms with Gasteiger partial charge in [0.1, 0.15) is 5.75 Å². The lowest BCUT2D eigenvalue weighted by atomic mass is 10.1. The summed E-state index contributed by atoms with van der Waals surface area (Å²) in [4.78, 5) is 39.8. The number of fused-ring (bicyclic) bond motifs is 1. The third kappa shape index (κ3) is 5.98. The normalized spacial score (nSPS) is 10.9. The molecule has 0 aliphatic carbocycles. The Hall–Kier alpha value is -4.53. The minimum atomic E-state index is -0.469. The zero-order valence-corrected chi connectivity index (χ0v) is 22.7. The summed E-state index contributed by atoms with van der Waals surface area (Å²) < 4.78 is 19.0. The molecule has 0 unspecified atom stereocenters. The molecule has 1 heterocycles. The van der Waals surface area contributed by atoms with E-state index in [4.69, 9.17) is 14.2 Å². The first-order chi connectivity index (χ1) is 18.9. The fraction of sp³-hybridized carbons (Fsp3) is 0.300. The second-order valence-corrected chi connectivity index (χ2v) is 9.14. The van der Waals surface area contributed by atoms with Crippen LogP contribution < -0.4 is 30.8 Å². The Bertz CT molecular complexity index is 1590. The molecule has 0 saturated heterocycles. The number of carbonyl (C=O) groups excluding carboxylic acids is 1. The summed E-state index contributed by atoms with van der Waals surface area (Å²) in [6.45, 7) is 2.93. The number of rotatable bonds is 11. The molecule has 1 amide bonds. The molecular formula is C30H33N3O6. The molecule has 9 heteroatoms. The Morgan fingerprint density at radius 1 is 0.821 bits per heavy atom. The van der Waals surface area contributed by atoms with Gasteiger partial charge in [0.25, 0.3) is 11.5 Å². The lowest BCUT2D eigenvalue weighted by Gasteiger charge is -2.17. The van der Waals surface area contributed by atoms with Crippen LogP contribution in [0.3, 0.4) is 0 Å². The maximum atomic E-state index is 13.8. The van der Waals surface area contributed by atoms with E-state index in [-0.39, 0.29) is 19.0 Å². The van der Waals surface area contributed by atoms with Gasteiger partial charge in [-0.3, -0.25) is 18.7 Å². The van der Waals surface area contributed by atoms with Crippen molar-refractivity contribution in [3.63, 3.8) is 0 Å². The summed E-state index contributed by atoms with van der Waals surface area (Å²) in [7, 11) is 4.58. The monoisotopic (exact) mass is 531 g/mol. The predicted molar refractivity (Wildman–Crippen MR) is 150 cm³/mol. The van der Waals surface area contributed by atoms with Gasteiger partial charge in [-0.05, 0) is 47.9 Å². The lowest BCUT2D eigenvalue weighted by Crippen LogP contribution is -2.40. The summed E-state index contributed by atoms with van der Waals surface area (Å²) in [6.07, 6.45) is 1.90. The van der Waals surface area contributed by atoms with Gasteiger partial charge in [0.05, 0.1) is 45.3 Å². The highest BCUT2D eigenvalue weighted by atomic mass is 16.5. The Labute approximate surface area is 226 Å². The molecule has 4 aromatic rings. The number of ether oxygens (including phenoxy) is 3. The van der Waals surface area contributed by atoms with Gasteiger partial charge in [0.15, 0.2) is 11.5 Å². The molecule has 4 rings (SSSR count). The third-order valence-corrected chi connectivity index (χ3v) is 6.58. The quantitative estimate of drug-likeness (QED) is 0.296. The number of carbonyl (C=O) groups is 1. The fourth-order valence-corrected chi connectivity index (χ4v) is 4.41. The van der Waals surface area contributed by atoms with Crippen LogP contribution in [0.4, 0.5) is 0 Å². The SMILES string of the molecule is CCCCNC(=O)c1ccc(Cn2c(=O)c3cc(OC)c(OC)cc3n(Cc3cccc(OC)c3)c2=O)cc1. The van der Waals surface area contributed by atoms with Crippen molar-refractivity contribution in [1.29, 1.82) is 0 Å². The van der Waals surface area contributed by atoms with Crippen molar-refractivity contribution in [3.05, 3.63) is 98.2 Å². The standard InChI is InChI=1S/C30H33N3O6/c1-5-6-14-31-28(34)22-12-10-20(11-13-22)18-33-29(35)24-16-26(38-3)27(39-4)17-25(24)32(30(33)36)19-21-8-7-9-23(15-21)37-2/h7-13,15-17H,5-6,14,18-19H2,1-4H3,(H,31,34). The first-order valence-electron chi connectivity index (χ1n) is 12.8. The summed E-state index contributed by atoms with van der Waals surface area (Å²) in [5.74, 6) is 1.31. The average molecular weight is 532 g/mol. The van der Waals surface area contributed by atoms with Gasteiger partial charge < -0.3 is 19.5 Å². The molecule has 9 nitrogen and oxygen atoms in total. The smallest absolute Gasteiger partial charge is 0.332 e. The van der Waals surface area contributed by atoms with E-state index in [1.54, 1.807) is 48.1 Å². The summed E-state index contributed by atoms with van der Waals surface area (Å²) in [5.41, 5.74) is 1.58. The van der Waals surface area contributed by atoms with E-state index in [9.17, 15) is 14.4 Å². The zero-order valence-electron chi connectivity index (χ0n) is 22.7. The van der Waals surface area contributed by atoms with E-state index in [0.717, 1.165) is 18.4 Å². The number of methoxy groups -OCH3 is 3. The maximum Gasteiger partial charge on any atom is 0.332 e. The van der Waals surface area contributed by atoms with E-state index < -0.39 is 11.2 Å². The molecule has 0 fully saturated rings. The Kier molecular flexibility index (Phi) is 8.70. The molecule has 0 radical (unpaired) electrons. The van der Waals surface area contributed by atoms with Crippen LogP contribution in [0.2, 0.25) is 0 Å². The number of nitrogens with zero attached hydrogens (tertiary/aromatic N) is 2. The zero-order chi connectivity index (χ0) is 27.9. The van der Waals surface area contributed by atoms with Gasteiger partial charge in [-0.2, -0.15) is 0 Å². The Morgan fingerprint density at radius 3 is 2.18 bits per heavy atom. The van der Waals surface area contributed by atoms with E-state index in [0.29, 0.717) is 45.8 Å². The van der Waals surface area contributed by atoms with Crippen molar-refractivity contribution in [2.24, 2.45) is 0 Å². The van der Waals surface area contributed by atoms with Crippen LogP contribution in [0.25, 0.3) is 10.9 Å². The van der Waals surface area contributed by atoms with Crippen LogP contribution in [0, 0.1) is 0 Å². The second kappa shape index (κ2) is 12.3. The van der Waals surface area contributed by atoms with Crippen LogP contribution in [0.15, 0.2) is 70.3 Å². The topological polar surface area (TPSA) is 101 Å². The summed E-state index contributed by atoms with van der Waals surface area (Å²) in [6, 6.07) is 17.6. The van der Waals surface area contributed by atoms with Gasteiger partial charge in [-0.25, -0.2) is 4.79 Å². The molecule has 0 aliphatic rings. The molecule has 0 bridgehead atoms. The fourth-order valence-electron chi connectivity index (χ4n) is 4.41. The molecule has 0 atom stereocenters. The van der Waals surface area contributed by atoms with Crippen molar-refractivity contribution >= 4 is 16.8 Å². The van der Waals surface area contributed by atoms with Crippen molar-refractivity contribution < 1.29 is 19.0 Å². The van der Waals surface area contributed by atoms with Crippen LogP contribution in [0.1, 0.15) is 41.3 Å². The molecular weight excluding hydrogens is 498 g/mol. The van der Waals surface area contributed by atoms with Gasteiger partial charge in [0, 0.05) is 18.2 Å². The van der Waals surface area contributed by atoms with Crippen molar-refractivity contribution in [1.82, 2.24) is 14.5 Å². The molecule has 39 heavy (non-hydrogen) atoms. The van der Waals surface area contributed by atoms with E-state index in [2.05, 4.69) is 12.2 Å². The number of unbranched alkanes of at least 4 members (excludes halogenated alkanes) is 1. The number of hydrogen-bond acceptors (Lipinski definition) is 6. The van der Waals surface area contributed by atoms with E-state index in [1.165, 1.54) is 18.8 Å². The Balaban J connectivity index is 1.79. The number of hydrogen-bond donors (Lipinski definition) is 1. The first kappa shape index (κ1) is 27.5. The van der Waals surface area contributed by atoms with Crippen molar-refractivity contribution in [2.75, 3.05) is 27.9 Å². The molecule has 1 aromatic heterocycles. The lowest BCUT2D eigenvalue weighted by molar-refractivity contribution is 0.0953. The second-order valence-electron chi connectivity index (χ2n) is 9.14. The highest BCUT2D eigenvalue weighted by Crippen LogP contribution is 2.30. The molecule has 0 spiro atoms. The molecule has 0 saturated carbocycles. The Morgan fingerprint density at radius 2 is 1.51 bits per heavy atom. The van der Waals surface area contributed by atoms with Crippen LogP contribution >= 0.6 is 0 Å². The van der Waals surface area contributed by atoms with E-state index in [1.807, 2.05) is 24.3 Å². The van der Waals surface area contributed by atoms with Crippen LogP contribution in [-0.2, 0) is 13.1 Å². The number of aromatic nitrogens is 2. The predicted octanol–water partition coefficient (Wildman–Crippen LogP) is 3.82. The highest BCUT2D eigenvalue weighted by molar-refractivity contribution is 5.94. The highest BCUT2D eigenvalue weighted by Gasteiger charge is 2.18. The number of nitrogens with one attached hydrogen (secondary N) is 1. The average Bonchev–Trinajstić information content (AvgIpc) is 2.97. The van der Waals surface area contributed by atoms with E-state index >= 15 is 0 Å². The van der Waals surface area contributed by atoms with Crippen LogP contribution in [-0.4, -0.2) is 42.9 Å². The minimum absolute atomic E-state index is 0.0395. The third-order valence-electron chi connectivity index (χ3n) is 6.58. The van der Waals surface area contributed by atoms with Crippen molar-refractivity contribution in [3.8, 4) is 17.2 Å². The largest absolute Gasteiger partial charge is 0.497 e.